The van der Waals surface area contributed by atoms with Crippen molar-refractivity contribution in [1.82, 2.24) is 15.2 Å². The summed E-state index contributed by atoms with van der Waals surface area (Å²) in [6, 6.07) is 9.99. The highest BCUT2D eigenvalue weighted by atomic mass is 16.1. The van der Waals surface area contributed by atoms with Crippen LogP contribution in [-0.2, 0) is 0 Å². The molecule has 0 aliphatic heterocycles. The zero-order valence-electron chi connectivity index (χ0n) is 13.0. The van der Waals surface area contributed by atoms with Gasteiger partial charge in [-0.1, -0.05) is 24.3 Å². The van der Waals surface area contributed by atoms with Crippen molar-refractivity contribution in [2.24, 2.45) is 0 Å². The molecule has 2 aromatic rings. The average Bonchev–Trinajstić information content (AvgIpc) is 2.50. The Labute approximate surface area is 125 Å². The summed E-state index contributed by atoms with van der Waals surface area (Å²) in [6.45, 7) is 2.66. The molecule has 0 aliphatic rings. The lowest BCUT2D eigenvalue weighted by atomic mass is 10.1. The van der Waals surface area contributed by atoms with E-state index in [1.54, 1.807) is 0 Å². The molecular formula is C16H22N4O. The van der Waals surface area contributed by atoms with Crippen LogP contribution in [0.1, 0.15) is 17.4 Å². The molecule has 1 atom stereocenters. The average molecular weight is 286 g/mol. The van der Waals surface area contributed by atoms with Crippen LogP contribution in [0.4, 0.5) is 5.82 Å². The molecule has 1 heterocycles. The Bertz CT molecular complexity index is 639. The number of pyridine rings is 1. The number of carbonyl (C=O) groups is 1. The van der Waals surface area contributed by atoms with E-state index in [0.717, 1.165) is 16.6 Å². The Morgan fingerprint density at radius 2 is 2.05 bits per heavy atom. The van der Waals surface area contributed by atoms with Crippen LogP contribution < -0.4 is 10.6 Å². The van der Waals surface area contributed by atoms with Gasteiger partial charge < -0.3 is 15.5 Å². The van der Waals surface area contributed by atoms with Gasteiger partial charge in [0.05, 0.1) is 0 Å². The standard InChI is InChI=1S/C16H22N4O/c1-11(20(3)4)10-18-16(21)14-9-12-7-5-6-8-13(12)15(17-2)19-14/h5-9,11H,10H2,1-4H3,(H,17,19)(H,18,21). The van der Waals surface area contributed by atoms with Gasteiger partial charge in [-0.2, -0.15) is 0 Å². The molecule has 2 N–H and O–H groups in total. The van der Waals surface area contributed by atoms with Crippen LogP contribution in [0.2, 0.25) is 0 Å². The van der Waals surface area contributed by atoms with Crippen LogP contribution in [0.25, 0.3) is 10.8 Å². The maximum absolute atomic E-state index is 12.3. The second kappa shape index (κ2) is 6.54. The smallest absolute Gasteiger partial charge is 0.270 e. The number of nitrogens with one attached hydrogen (secondary N) is 2. The highest BCUT2D eigenvalue weighted by molar-refractivity contribution is 6.00. The number of benzene rings is 1. The maximum Gasteiger partial charge on any atom is 0.270 e. The van der Waals surface area contributed by atoms with E-state index in [-0.39, 0.29) is 11.9 Å². The lowest BCUT2D eigenvalue weighted by Crippen LogP contribution is -2.38. The third-order valence-electron chi connectivity index (χ3n) is 3.65. The van der Waals surface area contributed by atoms with E-state index in [1.165, 1.54) is 0 Å². The molecule has 0 spiro atoms. The van der Waals surface area contributed by atoms with E-state index in [4.69, 9.17) is 0 Å². The summed E-state index contributed by atoms with van der Waals surface area (Å²) >= 11 is 0. The van der Waals surface area contributed by atoms with Gasteiger partial charge in [0, 0.05) is 25.0 Å². The van der Waals surface area contributed by atoms with E-state index in [0.29, 0.717) is 12.2 Å². The minimum absolute atomic E-state index is 0.147. The summed E-state index contributed by atoms with van der Waals surface area (Å²) in [5.41, 5.74) is 0.434. The first kappa shape index (κ1) is 15.3. The van der Waals surface area contributed by atoms with Crippen molar-refractivity contribution in [3.05, 3.63) is 36.0 Å². The molecule has 5 heteroatoms. The SMILES string of the molecule is CNc1nc(C(=O)NCC(C)N(C)C)cc2ccccc12. The quantitative estimate of drug-likeness (QED) is 0.882. The fourth-order valence-electron chi connectivity index (χ4n) is 2.02. The Morgan fingerprint density at radius 1 is 1.33 bits per heavy atom. The molecule has 5 nitrogen and oxygen atoms in total. The molecule has 112 valence electrons. The molecule has 1 unspecified atom stereocenters. The van der Waals surface area contributed by atoms with Crippen LogP contribution in [0.15, 0.2) is 30.3 Å². The third-order valence-corrected chi connectivity index (χ3v) is 3.65. The van der Waals surface area contributed by atoms with Crippen LogP contribution in [0.3, 0.4) is 0 Å². The molecule has 1 amide bonds. The number of fused-ring (bicyclic) bond motifs is 1. The molecule has 0 aliphatic carbocycles. The number of amides is 1. The highest BCUT2D eigenvalue weighted by Crippen LogP contribution is 2.22. The molecule has 21 heavy (non-hydrogen) atoms. The van der Waals surface area contributed by atoms with Crippen molar-refractivity contribution in [2.75, 3.05) is 33.0 Å². The number of carbonyl (C=O) groups excluding carboxylic acids is 1. The van der Waals surface area contributed by atoms with Crippen LogP contribution in [0, 0.1) is 0 Å². The van der Waals surface area contributed by atoms with E-state index in [1.807, 2.05) is 51.5 Å². The van der Waals surface area contributed by atoms with Gasteiger partial charge in [-0.3, -0.25) is 4.79 Å². The monoisotopic (exact) mass is 286 g/mol. The zero-order valence-corrected chi connectivity index (χ0v) is 13.0. The number of hydrogen-bond donors (Lipinski definition) is 2. The first-order chi connectivity index (χ1) is 10.0. The minimum atomic E-state index is -0.147. The Kier molecular flexibility index (Phi) is 4.75. The molecule has 2 rings (SSSR count). The van der Waals surface area contributed by atoms with Gasteiger partial charge in [-0.15, -0.1) is 0 Å². The summed E-state index contributed by atoms with van der Waals surface area (Å²) < 4.78 is 0. The van der Waals surface area contributed by atoms with Crippen LogP contribution in [0.5, 0.6) is 0 Å². The lowest BCUT2D eigenvalue weighted by Gasteiger charge is -2.20. The number of aromatic nitrogens is 1. The second-order valence-electron chi connectivity index (χ2n) is 5.35. The topological polar surface area (TPSA) is 57.3 Å². The van der Waals surface area contributed by atoms with Crippen LogP contribution >= 0.6 is 0 Å². The molecule has 0 saturated carbocycles. The number of likely N-dealkylation sites (N-methyl/N-ethyl adjacent to an activating group) is 1. The third kappa shape index (κ3) is 3.49. The van der Waals surface area contributed by atoms with Crippen molar-refractivity contribution in [3.8, 4) is 0 Å². The predicted molar refractivity (Wildman–Crippen MR) is 86.8 cm³/mol. The molecule has 0 bridgehead atoms. The first-order valence-corrected chi connectivity index (χ1v) is 7.05. The van der Waals surface area contributed by atoms with Crippen LogP contribution in [-0.4, -0.2) is 49.5 Å². The first-order valence-electron chi connectivity index (χ1n) is 7.05. The molecule has 0 saturated heterocycles. The zero-order chi connectivity index (χ0) is 15.4. The fourth-order valence-corrected chi connectivity index (χ4v) is 2.02. The molecule has 1 aromatic heterocycles. The van der Waals surface area contributed by atoms with Crippen molar-refractivity contribution in [1.29, 1.82) is 0 Å². The normalized spacial score (nSPS) is 12.4. The Morgan fingerprint density at radius 3 is 2.71 bits per heavy atom. The van der Waals surface area contributed by atoms with Gasteiger partial charge in [0.1, 0.15) is 11.5 Å². The molecular weight excluding hydrogens is 264 g/mol. The maximum atomic E-state index is 12.3. The number of hydrogen-bond acceptors (Lipinski definition) is 4. The lowest BCUT2D eigenvalue weighted by molar-refractivity contribution is 0.0939. The van der Waals surface area contributed by atoms with Gasteiger partial charge in [-0.05, 0) is 32.5 Å². The molecule has 0 radical (unpaired) electrons. The Hall–Kier alpha value is -2.14. The minimum Gasteiger partial charge on any atom is -0.373 e. The second-order valence-corrected chi connectivity index (χ2v) is 5.35. The molecule has 0 fully saturated rings. The fraction of sp³-hybridized carbons (Fsp3) is 0.375. The summed E-state index contributed by atoms with van der Waals surface area (Å²) in [7, 11) is 5.79. The number of nitrogens with zero attached hydrogens (tertiary/aromatic N) is 2. The summed E-state index contributed by atoms with van der Waals surface area (Å²) in [6.07, 6.45) is 0. The van der Waals surface area contributed by atoms with Gasteiger partial charge >= 0.3 is 0 Å². The number of anilines is 1. The largest absolute Gasteiger partial charge is 0.373 e. The summed E-state index contributed by atoms with van der Waals surface area (Å²) in [4.78, 5) is 18.7. The van der Waals surface area contributed by atoms with E-state index in [9.17, 15) is 4.79 Å². The molecule has 1 aromatic carbocycles. The predicted octanol–water partition coefficient (Wildman–Crippen LogP) is 1.96. The van der Waals surface area contributed by atoms with E-state index >= 15 is 0 Å². The van der Waals surface area contributed by atoms with Gasteiger partial charge in [0.2, 0.25) is 0 Å². The van der Waals surface area contributed by atoms with Gasteiger partial charge in [0.15, 0.2) is 0 Å². The van der Waals surface area contributed by atoms with Gasteiger partial charge in [-0.25, -0.2) is 4.98 Å². The van der Waals surface area contributed by atoms with Crippen molar-refractivity contribution in [3.63, 3.8) is 0 Å². The number of rotatable bonds is 5. The summed E-state index contributed by atoms with van der Waals surface area (Å²) in [5, 5.41) is 7.99. The van der Waals surface area contributed by atoms with E-state index in [2.05, 4.69) is 27.4 Å². The van der Waals surface area contributed by atoms with E-state index < -0.39 is 0 Å². The highest BCUT2D eigenvalue weighted by Gasteiger charge is 2.13. The Balaban J connectivity index is 2.23. The van der Waals surface area contributed by atoms with Crippen molar-refractivity contribution >= 4 is 22.5 Å². The summed E-state index contributed by atoms with van der Waals surface area (Å²) in [5.74, 6) is 0.574. The van der Waals surface area contributed by atoms with Crippen molar-refractivity contribution < 1.29 is 4.79 Å². The van der Waals surface area contributed by atoms with Crippen molar-refractivity contribution in [2.45, 2.75) is 13.0 Å². The van der Waals surface area contributed by atoms with Gasteiger partial charge in [0.25, 0.3) is 5.91 Å².